The molecule has 0 amide bonds. The lowest BCUT2D eigenvalue weighted by molar-refractivity contribution is 0.111. The van der Waals surface area contributed by atoms with E-state index in [1.807, 2.05) is 13.8 Å². The molecule has 0 aromatic rings. The fraction of sp³-hybridized carbons (Fsp3) is 1.00. The molecule has 0 saturated carbocycles. The standard InChI is InChI=1S/C7H14ClO3P/c1-7(2,8)6-11-12-9-4-3-5-10-12/h3-6H2,1-2H3. The van der Waals surface area contributed by atoms with Crippen LogP contribution in [0, 0.1) is 0 Å². The van der Waals surface area contributed by atoms with Crippen LogP contribution in [0.4, 0.5) is 0 Å². The largest absolute Gasteiger partial charge is 0.332 e. The Bertz CT molecular complexity index is 131. The van der Waals surface area contributed by atoms with Crippen molar-refractivity contribution >= 4 is 20.2 Å². The Hall–Kier alpha value is 0.600. The van der Waals surface area contributed by atoms with Crippen molar-refractivity contribution in [3.63, 3.8) is 0 Å². The first-order valence-electron chi connectivity index (χ1n) is 3.96. The normalized spacial score (nSPS) is 21.2. The SMILES string of the molecule is CC(C)(Cl)COP1OCCCO1. The molecule has 0 spiro atoms. The maximum atomic E-state index is 5.93. The van der Waals surface area contributed by atoms with Gasteiger partial charge in [0.1, 0.15) is 0 Å². The summed E-state index contributed by atoms with van der Waals surface area (Å²) >= 11 is 5.93. The summed E-state index contributed by atoms with van der Waals surface area (Å²) in [6.07, 6.45) is 0.951. The molecule has 0 bridgehead atoms. The van der Waals surface area contributed by atoms with E-state index in [2.05, 4.69) is 0 Å². The summed E-state index contributed by atoms with van der Waals surface area (Å²) < 4.78 is 15.8. The highest BCUT2D eigenvalue weighted by Crippen LogP contribution is 2.43. The summed E-state index contributed by atoms with van der Waals surface area (Å²) in [6.45, 7) is 5.71. The minimum atomic E-state index is -1.12. The molecule has 72 valence electrons. The molecule has 0 atom stereocenters. The molecule has 0 unspecified atom stereocenters. The highest BCUT2D eigenvalue weighted by molar-refractivity contribution is 7.41. The van der Waals surface area contributed by atoms with Gasteiger partial charge >= 0.3 is 8.60 Å². The van der Waals surface area contributed by atoms with Gasteiger partial charge in [-0.05, 0) is 20.3 Å². The van der Waals surface area contributed by atoms with Gasteiger partial charge in [0.15, 0.2) is 0 Å². The van der Waals surface area contributed by atoms with Gasteiger partial charge in [0.25, 0.3) is 0 Å². The second-order valence-electron chi connectivity index (χ2n) is 3.24. The van der Waals surface area contributed by atoms with E-state index in [-0.39, 0.29) is 4.87 Å². The zero-order valence-corrected chi connectivity index (χ0v) is 9.03. The van der Waals surface area contributed by atoms with Crippen LogP contribution >= 0.6 is 20.2 Å². The van der Waals surface area contributed by atoms with E-state index in [1.165, 1.54) is 0 Å². The summed E-state index contributed by atoms with van der Waals surface area (Å²) in [5.41, 5.74) is 0. The predicted molar refractivity (Wildman–Crippen MR) is 49.3 cm³/mol. The molecule has 0 radical (unpaired) electrons. The molecular formula is C7H14ClO3P. The monoisotopic (exact) mass is 212 g/mol. The van der Waals surface area contributed by atoms with Crippen molar-refractivity contribution in [2.75, 3.05) is 19.8 Å². The molecular weight excluding hydrogens is 199 g/mol. The Labute approximate surface area is 79.3 Å². The molecule has 1 saturated heterocycles. The number of alkyl halides is 1. The molecule has 0 aliphatic carbocycles. The second-order valence-corrected chi connectivity index (χ2v) is 5.48. The van der Waals surface area contributed by atoms with E-state index in [1.54, 1.807) is 0 Å². The lowest BCUT2D eigenvalue weighted by Crippen LogP contribution is -2.19. The molecule has 0 aromatic carbocycles. The van der Waals surface area contributed by atoms with Gasteiger partial charge in [0, 0.05) is 0 Å². The third-order valence-corrected chi connectivity index (χ3v) is 2.43. The van der Waals surface area contributed by atoms with Crippen LogP contribution in [0.15, 0.2) is 0 Å². The van der Waals surface area contributed by atoms with Gasteiger partial charge in [-0.2, -0.15) is 0 Å². The van der Waals surface area contributed by atoms with Crippen LogP contribution in [0.2, 0.25) is 0 Å². The summed E-state index contributed by atoms with van der Waals surface area (Å²) in [5.74, 6) is 0. The third-order valence-electron chi connectivity index (χ3n) is 1.20. The molecule has 1 rings (SSSR count). The summed E-state index contributed by atoms with van der Waals surface area (Å²) in [6, 6.07) is 0. The molecule has 1 fully saturated rings. The van der Waals surface area contributed by atoms with E-state index in [0.29, 0.717) is 6.61 Å². The van der Waals surface area contributed by atoms with Crippen LogP contribution in [0.1, 0.15) is 20.3 Å². The predicted octanol–water partition coefficient (Wildman–Crippen LogP) is 2.68. The average molecular weight is 213 g/mol. The van der Waals surface area contributed by atoms with Crippen LogP contribution in [0.3, 0.4) is 0 Å². The van der Waals surface area contributed by atoms with Crippen LogP contribution in [-0.2, 0) is 13.6 Å². The summed E-state index contributed by atoms with van der Waals surface area (Å²) in [4.78, 5) is -0.341. The van der Waals surface area contributed by atoms with Crippen molar-refractivity contribution in [1.29, 1.82) is 0 Å². The highest BCUT2D eigenvalue weighted by atomic mass is 35.5. The van der Waals surface area contributed by atoms with E-state index in [4.69, 9.17) is 25.2 Å². The molecule has 0 aromatic heterocycles. The van der Waals surface area contributed by atoms with Crippen LogP contribution in [-0.4, -0.2) is 24.7 Å². The minimum absolute atomic E-state index is 0.341. The smallest absolute Gasteiger partial charge is 0.312 e. The first-order valence-corrected chi connectivity index (χ1v) is 5.43. The van der Waals surface area contributed by atoms with E-state index in [0.717, 1.165) is 19.6 Å². The van der Waals surface area contributed by atoms with Gasteiger partial charge in [-0.15, -0.1) is 11.6 Å². The molecule has 1 heterocycles. The van der Waals surface area contributed by atoms with E-state index < -0.39 is 8.60 Å². The fourth-order valence-electron chi connectivity index (χ4n) is 0.655. The first kappa shape index (κ1) is 10.7. The first-order chi connectivity index (χ1) is 5.58. The average Bonchev–Trinajstić information content (AvgIpc) is 2.02. The Kier molecular flexibility index (Phi) is 4.21. The van der Waals surface area contributed by atoms with E-state index in [9.17, 15) is 0 Å². The quantitative estimate of drug-likeness (QED) is 0.532. The summed E-state index contributed by atoms with van der Waals surface area (Å²) in [5, 5.41) is 0. The van der Waals surface area contributed by atoms with Gasteiger partial charge in [-0.25, -0.2) is 0 Å². The molecule has 12 heavy (non-hydrogen) atoms. The van der Waals surface area contributed by atoms with Crippen LogP contribution < -0.4 is 0 Å². The van der Waals surface area contributed by atoms with Crippen molar-refractivity contribution in [1.82, 2.24) is 0 Å². The Morgan fingerprint density at radius 1 is 1.42 bits per heavy atom. The topological polar surface area (TPSA) is 27.7 Å². The van der Waals surface area contributed by atoms with Gasteiger partial charge < -0.3 is 13.6 Å². The lowest BCUT2D eigenvalue weighted by Gasteiger charge is -2.23. The van der Waals surface area contributed by atoms with Gasteiger partial charge in [0.2, 0.25) is 0 Å². The van der Waals surface area contributed by atoms with Gasteiger partial charge in [-0.3, -0.25) is 0 Å². The van der Waals surface area contributed by atoms with Crippen molar-refractivity contribution in [2.24, 2.45) is 0 Å². The third kappa shape index (κ3) is 4.58. The van der Waals surface area contributed by atoms with Gasteiger partial charge in [0.05, 0.1) is 24.7 Å². The Morgan fingerprint density at radius 2 is 2.00 bits per heavy atom. The maximum absolute atomic E-state index is 5.93. The van der Waals surface area contributed by atoms with Crippen molar-refractivity contribution in [2.45, 2.75) is 25.1 Å². The van der Waals surface area contributed by atoms with Crippen molar-refractivity contribution in [3.05, 3.63) is 0 Å². The molecule has 1 aliphatic heterocycles. The molecule has 0 N–H and O–H groups in total. The number of hydrogen-bond donors (Lipinski definition) is 0. The number of hydrogen-bond acceptors (Lipinski definition) is 3. The van der Waals surface area contributed by atoms with Crippen molar-refractivity contribution in [3.8, 4) is 0 Å². The highest BCUT2D eigenvalue weighted by Gasteiger charge is 2.21. The number of halogens is 1. The van der Waals surface area contributed by atoms with Crippen LogP contribution in [0.5, 0.6) is 0 Å². The zero-order valence-electron chi connectivity index (χ0n) is 7.38. The van der Waals surface area contributed by atoms with Crippen molar-refractivity contribution < 1.29 is 13.6 Å². The van der Waals surface area contributed by atoms with Gasteiger partial charge in [-0.1, -0.05) is 0 Å². The van der Waals surface area contributed by atoms with E-state index >= 15 is 0 Å². The maximum Gasteiger partial charge on any atom is 0.332 e. The molecule has 1 aliphatic rings. The molecule has 5 heteroatoms. The zero-order chi connectivity index (χ0) is 9.03. The Balaban J connectivity index is 2.13. The van der Waals surface area contributed by atoms with Crippen LogP contribution in [0.25, 0.3) is 0 Å². The lowest BCUT2D eigenvalue weighted by atomic mass is 10.2. The second kappa shape index (κ2) is 4.73. The Morgan fingerprint density at radius 3 is 2.50 bits per heavy atom. The molecule has 3 nitrogen and oxygen atoms in total. The summed E-state index contributed by atoms with van der Waals surface area (Å²) in [7, 11) is -1.12. The number of rotatable bonds is 3. The fourth-order valence-corrected chi connectivity index (χ4v) is 1.99. The minimum Gasteiger partial charge on any atom is -0.312 e.